The molecule has 0 spiro atoms. The van der Waals surface area contributed by atoms with Crippen LogP contribution in [0.2, 0.25) is 0 Å². The second-order valence-electron chi connectivity index (χ2n) is 5.61. The number of rotatable bonds is 3. The maximum absolute atomic E-state index is 12.5. The molecule has 1 aliphatic heterocycles. The molecule has 1 aromatic carbocycles. The van der Waals surface area contributed by atoms with Gasteiger partial charge in [0, 0.05) is 18.3 Å². The van der Waals surface area contributed by atoms with Crippen molar-refractivity contribution in [2.24, 2.45) is 5.92 Å². The van der Waals surface area contributed by atoms with Crippen molar-refractivity contribution in [3.05, 3.63) is 62.4 Å². The van der Waals surface area contributed by atoms with Gasteiger partial charge in [0.25, 0.3) is 5.56 Å². The summed E-state index contributed by atoms with van der Waals surface area (Å²) < 4.78 is 8.12. The van der Waals surface area contributed by atoms with Gasteiger partial charge < -0.3 is 4.74 Å². The number of benzene rings is 1. The lowest BCUT2D eigenvalue weighted by Gasteiger charge is -2.09. The average molecular weight is 286 g/mol. The van der Waals surface area contributed by atoms with Gasteiger partial charge in [-0.2, -0.15) is 0 Å². The van der Waals surface area contributed by atoms with E-state index in [0.717, 1.165) is 23.4 Å². The molecule has 0 fully saturated rings. The number of aromatic nitrogens is 2. The van der Waals surface area contributed by atoms with E-state index in [4.69, 9.17) is 4.74 Å². The highest BCUT2D eigenvalue weighted by Crippen LogP contribution is 2.16. The Morgan fingerprint density at radius 1 is 1.24 bits per heavy atom. The van der Waals surface area contributed by atoms with Crippen molar-refractivity contribution in [3.8, 4) is 5.75 Å². The van der Waals surface area contributed by atoms with E-state index in [1.807, 2.05) is 24.3 Å². The van der Waals surface area contributed by atoms with Crippen molar-refractivity contribution in [1.29, 1.82) is 0 Å². The third-order valence-corrected chi connectivity index (χ3v) is 3.92. The summed E-state index contributed by atoms with van der Waals surface area (Å²) in [7, 11) is 1.60. The molecule has 0 bridgehead atoms. The van der Waals surface area contributed by atoms with E-state index >= 15 is 0 Å². The molecule has 110 valence electrons. The van der Waals surface area contributed by atoms with Gasteiger partial charge in [-0.15, -0.1) is 0 Å². The monoisotopic (exact) mass is 286 g/mol. The second-order valence-corrected chi connectivity index (χ2v) is 5.61. The van der Waals surface area contributed by atoms with Crippen molar-refractivity contribution in [1.82, 2.24) is 9.13 Å². The highest BCUT2D eigenvalue weighted by Gasteiger charge is 2.21. The Morgan fingerprint density at radius 3 is 2.62 bits per heavy atom. The first-order chi connectivity index (χ1) is 10.1. The molecule has 0 saturated heterocycles. The van der Waals surface area contributed by atoms with Gasteiger partial charge in [-0.3, -0.25) is 13.9 Å². The lowest BCUT2D eigenvalue weighted by Crippen LogP contribution is -2.39. The summed E-state index contributed by atoms with van der Waals surface area (Å²) in [6, 6.07) is 8.98. The van der Waals surface area contributed by atoms with E-state index in [1.54, 1.807) is 17.7 Å². The smallest absolute Gasteiger partial charge is 0.331 e. The van der Waals surface area contributed by atoms with E-state index < -0.39 is 0 Å². The first-order valence-corrected chi connectivity index (χ1v) is 7.05. The van der Waals surface area contributed by atoms with E-state index in [0.29, 0.717) is 12.5 Å². The summed E-state index contributed by atoms with van der Waals surface area (Å²) in [6.45, 7) is 3.07. The van der Waals surface area contributed by atoms with Crippen LogP contribution >= 0.6 is 0 Å². The van der Waals surface area contributed by atoms with Crippen LogP contribution in [0.3, 0.4) is 0 Å². The van der Waals surface area contributed by atoms with Gasteiger partial charge in [-0.1, -0.05) is 19.1 Å². The van der Waals surface area contributed by atoms with Crippen LogP contribution in [0.5, 0.6) is 5.75 Å². The molecule has 1 atom stereocenters. The maximum atomic E-state index is 12.5. The van der Waals surface area contributed by atoms with Gasteiger partial charge >= 0.3 is 5.69 Å². The molecule has 3 rings (SSSR count). The summed E-state index contributed by atoms with van der Waals surface area (Å²) >= 11 is 0. The molecule has 0 N–H and O–H groups in total. The van der Waals surface area contributed by atoms with Gasteiger partial charge in [0.2, 0.25) is 0 Å². The number of nitrogens with zero attached hydrogens (tertiary/aromatic N) is 2. The number of hydrogen-bond donors (Lipinski definition) is 0. The van der Waals surface area contributed by atoms with Crippen LogP contribution < -0.4 is 16.0 Å². The standard InChI is InChI=1S/C16H18N2O3/c1-11-7-13-8-15(19)18(16(20)17(13)9-11)10-12-3-5-14(21-2)6-4-12/h3-6,8,11H,7,9-10H2,1-2H3. The zero-order valence-corrected chi connectivity index (χ0v) is 12.2. The van der Waals surface area contributed by atoms with E-state index in [2.05, 4.69) is 6.92 Å². The summed E-state index contributed by atoms with van der Waals surface area (Å²) in [5, 5.41) is 0. The SMILES string of the molecule is COc1ccc(Cn2c(=O)cc3n(c2=O)CC(C)C3)cc1. The van der Waals surface area contributed by atoms with Crippen molar-refractivity contribution in [2.75, 3.05) is 7.11 Å². The van der Waals surface area contributed by atoms with Crippen LogP contribution in [0.25, 0.3) is 0 Å². The lowest BCUT2D eigenvalue weighted by atomic mass is 10.1. The molecule has 5 heteroatoms. The molecular formula is C16H18N2O3. The zero-order valence-electron chi connectivity index (χ0n) is 12.2. The van der Waals surface area contributed by atoms with Gasteiger partial charge in [0.1, 0.15) is 5.75 Å². The van der Waals surface area contributed by atoms with Crippen LogP contribution in [0.4, 0.5) is 0 Å². The van der Waals surface area contributed by atoms with Crippen LogP contribution in [-0.2, 0) is 19.5 Å². The number of methoxy groups -OCH3 is 1. The van der Waals surface area contributed by atoms with Crippen LogP contribution in [0, 0.1) is 5.92 Å². The molecule has 1 aliphatic rings. The Morgan fingerprint density at radius 2 is 1.95 bits per heavy atom. The fraction of sp³-hybridized carbons (Fsp3) is 0.375. The Kier molecular flexibility index (Phi) is 3.41. The lowest BCUT2D eigenvalue weighted by molar-refractivity contribution is 0.414. The number of hydrogen-bond acceptors (Lipinski definition) is 3. The van der Waals surface area contributed by atoms with Crippen LogP contribution in [-0.4, -0.2) is 16.2 Å². The largest absolute Gasteiger partial charge is 0.497 e. The van der Waals surface area contributed by atoms with Gasteiger partial charge in [0.05, 0.1) is 13.7 Å². The normalized spacial score (nSPS) is 16.8. The Bertz CT molecular complexity index is 772. The maximum Gasteiger partial charge on any atom is 0.331 e. The molecule has 5 nitrogen and oxygen atoms in total. The van der Waals surface area contributed by atoms with Gasteiger partial charge in [-0.05, 0) is 30.0 Å². The highest BCUT2D eigenvalue weighted by atomic mass is 16.5. The highest BCUT2D eigenvalue weighted by molar-refractivity contribution is 5.27. The molecule has 1 unspecified atom stereocenters. The van der Waals surface area contributed by atoms with E-state index in [-0.39, 0.29) is 17.8 Å². The molecule has 2 aromatic rings. The third-order valence-electron chi connectivity index (χ3n) is 3.92. The molecule has 21 heavy (non-hydrogen) atoms. The average Bonchev–Trinajstić information content (AvgIpc) is 2.85. The molecule has 0 radical (unpaired) electrons. The first kappa shape index (κ1) is 13.7. The topological polar surface area (TPSA) is 53.2 Å². The Balaban J connectivity index is 1.98. The van der Waals surface area contributed by atoms with E-state index in [9.17, 15) is 9.59 Å². The van der Waals surface area contributed by atoms with Crippen LogP contribution in [0.1, 0.15) is 18.2 Å². The molecule has 1 aromatic heterocycles. The van der Waals surface area contributed by atoms with Gasteiger partial charge in [0.15, 0.2) is 0 Å². The number of ether oxygens (including phenoxy) is 1. The molecule has 0 amide bonds. The fourth-order valence-electron chi connectivity index (χ4n) is 2.82. The molecule has 0 aliphatic carbocycles. The second kappa shape index (κ2) is 5.24. The minimum atomic E-state index is -0.226. The third kappa shape index (κ3) is 2.51. The minimum Gasteiger partial charge on any atom is -0.497 e. The first-order valence-electron chi connectivity index (χ1n) is 7.05. The molecule has 0 saturated carbocycles. The summed E-state index contributed by atoms with van der Waals surface area (Å²) in [5.41, 5.74) is 1.32. The fourth-order valence-corrected chi connectivity index (χ4v) is 2.82. The number of fused-ring (bicyclic) bond motifs is 1. The summed E-state index contributed by atoms with van der Waals surface area (Å²) in [6.07, 6.45) is 0.799. The molecular weight excluding hydrogens is 268 g/mol. The summed E-state index contributed by atoms with van der Waals surface area (Å²) in [5.74, 6) is 1.17. The predicted molar refractivity (Wildman–Crippen MR) is 79.9 cm³/mol. The predicted octanol–water partition coefficient (Wildman–Crippen LogP) is 1.26. The Hall–Kier alpha value is -2.30. The van der Waals surface area contributed by atoms with Crippen molar-refractivity contribution >= 4 is 0 Å². The Labute approximate surface area is 122 Å². The van der Waals surface area contributed by atoms with E-state index in [1.165, 1.54) is 4.57 Å². The molecule has 2 heterocycles. The van der Waals surface area contributed by atoms with Gasteiger partial charge in [-0.25, -0.2) is 4.79 Å². The minimum absolute atomic E-state index is 0.210. The quantitative estimate of drug-likeness (QED) is 0.853. The van der Waals surface area contributed by atoms with Crippen molar-refractivity contribution in [2.45, 2.75) is 26.4 Å². The summed E-state index contributed by atoms with van der Waals surface area (Å²) in [4.78, 5) is 24.6. The van der Waals surface area contributed by atoms with Crippen molar-refractivity contribution in [3.63, 3.8) is 0 Å². The zero-order chi connectivity index (χ0) is 15.0. The van der Waals surface area contributed by atoms with Crippen LogP contribution in [0.15, 0.2) is 39.9 Å². The van der Waals surface area contributed by atoms with Crippen molar-refractivity contribution < 1.29 is 4.74 Å².